The maximum absolute atomic E-state index is 11.0. The van der Waals surface area contributed by atoms with Crippen LogP contribution in [0.25, 0.3) is 0 Å². The van der Waals surface area contributed by atoms with Gasteiger partial charge in [-0.2, -0.15) is 0 Å². The van der Waals surface area contributed by atoms with Gasteiger partial charge in [0.15, 0.2) is 0 Å². The van der Waals surface area contributed by atoms with Crippen molar-refractivity contribution in [1.82, 2.24) is 10.2 Å². The highest BCUT2D eigenvalue weighted by Gasteiger charge is 2.29. The van der Waals surface area contributed by atoms with Crippen molar-refractivity contribution in [3.8, 4) is 0 Å². The monoisotopic (exact) mass is 255 g/mol. The molecule has 0 aromatic heterocycles. The SMILES string of the molecule is NC(=O)CN1CC(CCO)CC(NCC2CC2)C1. The van der Waals surface area contributed by atoms with E-state index in [1.165, 1.54) is 12.8 Å². The number of nitrogens with one attached hydrogen (secondary N) is 1. The highest BCUT2D eigenvalue weighted by molar-refractivity contribution is 5.75. The molecule has 2 atom stereocenters. The Morgan fingerprint density at radius 2 is 2.11 bits per heavy atom. The predicted octanol–water partition coefficient (Wildman–Crippen LogP) is -0.456. The number of carbonyl (C=O) groups excluding carboxylic acids is 1. The van der Waals surface area contributed by atoms with Gasteiger partial charge in [-0.3, -0.25) is 9.69 Å². The van der Waals surface area contributed by atoms with E-state index in [1.807, 2.05) is 0 Å². The minimum Gasteiger partial charge on any atom is -0.396 e. The van der Waals surface area contributed by atoms with Crippen LogP contribution in [0.5, 0.6) is 0 Å². The molecule has 1 heterocycles. The zero-order valence-corrected chi connectivity index (χ0v) is 11.0. The third-order valence-corrected chi connectivity index (χ3v) is 3.92. The maximum atomic E-state index is 11.0. The largest absolute Gasteiger partial charge is 0.396 e. The van der Waals surface area contributed by atoms with Crippen molar-refractivity contribution in [1.29, 1.82) is 0 Å². The fraction of sp³-hybridized carbons (Fsp3) is 0.923. The van der Waals surface area contributed by atoms with E-state index in [1.54, 1.807) is 0 Å². The Morgan fingerprint density at radius 3 is 2.72 bits per heavy atom. The number of primary amides is 1. The van der Waals surface area contributed by atoms with Gasteiger partial charge in [0, 0.05) is 25.7 Å². The molecule has 1 saturated heterocycles. The summed E-state index contributed by atoms with van der Waals surface area (Å²) in [5, 5.41) is 12.7. The second kappa shape index (κ2) is 6.50. The van der Waals surface area contributed by atoms with Crippen LogP contribution in [-0.4, -0.2) is 54.7 Å². The third-order valence-electron chi connectivity index (χ3n) is 3.92. The van der Waals surface area contributed by atoms with Crippen LogP contribution in [0.4, 0.5) is 0 Å². The number of piperidine rings is 1. The van der Waals surface area contributed by atoms with E-state index in [2.05, 4.69) is 10.2 Å². The number of aliphatic hydroxyl groups is 1. The number of nitrogens with two attached hydrogens (primary N) is 1. The molecule has 1 amide bonds. The lowest BCUT2D eigenvalue weighted by molar-refractivity contribution is -0.119. The molecule has 0 aromatic carbocycles. The maximum Gasteiger partial charge on any atom is 0.231 e. The van der Waals surface area contributed by atoms with Crippen LogP contribution < -0.4 is 11.1 Å². The summed E-state index contributed by atoms with van der Waals surface area (Å²) in [7, 11) is 0. The van der Waals surface area contributed by atoms with E-state index in [0.29, 0.717) is 18.5 Å². The van der Waals surface area contributed by atoms with Crippen molar-refractivity contribution in [3.05, 3.63) is 0 Å². The van der Waals surface area contributed by atoms with Crippen molar-refractivity contribution < 1.29 is 9.90 Å². The van der Waals surface area contributed by atoms with Crippen molar-refractivity contribution in [2.45, 2.75) is 31.7 Å². The zero-order valence-electron chi connectivity index (χ0n) is 11.0. The Bertz CT molecular complexity index is 281. The molecular weight excluding hydrogens is 230 g/mol. The van der Waals surface area contributed by atoms with Gasteiger partial charge in [0.1, 0.15) is 0 Å². The number of aliphatic hydroxyl groups excluding tert-OH is 1. The summed E-state index contributed by atoms with van der Waals surface area (Å²) in [4.78, 5) is 13.1. The van der Waals surface area contributed by atoms with Crippen LogP contribution in [-0.2, 0) is 4.79 Å². The Kier molecular flexibility index (Phi) is 4.97. The van der Waals surface area contributed by atoms with Gasteiger partial charge in [0.25, 0.3) is 0 Å². The second-order valence-corrected chi connectivity index (χ2v) is 5.82. The minimum atomic E-state index is -0.263. The standard InChI is InChI=1S/C13H25N3O2/c14-13(18)9-16-7-11(3-4-17)5-12(8-16)15-6-10-1-2-10/h10-12,15,17H,1-9H2,(H2,14,18). The third kappa shape index (κ3) is 4.55. The van der Waals surface area contributed by atoms with E-state index in [0.717, 1.165) is 38.4 Å². The minimum absolute atomic E-state index is 0.227. The molecule has 1 aliphatic carbocycles. The molecule has 0 radical (unpaired) electrons. The first-order chi connectivity index (χ1) is 8.67. The lowest BCUT2D eigenvalue weighted by atomic mass is 9.91. The average Bonchev–Trinajstić information content (AvgIpc) is 3.09. The topological polar surface area (TPSA) is 78.6 Å². The molecule has 18 heavy (non-hydrogen) atoms. The van der Waals surface area contributed by atoms with Crippen molar-refractivity contribution >= 4 is 5.91 Å². The molecule has 0 bridgehead atoms. The first-order valence-electron chi connectivity index (χ1n) is 7.02. The summed E-state index contributed by atoms with van der Waals surface area (Å²) >= 11 is 0. The lowest BCUT2D eigenvalue weighted by Gasteiger charge is -2.37. The van der Waals surface area contributed by atoms with E-state index in [9.17, 15) is 4.79 Å². The van der Waals surface area contributed by atoms with Crippen LogP contribution in [0, 0.1) is 11.8 Å². The second-order valence-electron chi connectivity index (χ2n) is 5.82. The Hall–Kier alpha value is -0.650. The van der Waals surface area contributed by atoms with Gasteiger partial charge in [0.2, 0.25) is 5.91 Å². The first-order valence-corrected chi connectivity index (χ1v) is 7.02. The normalized spacial score (nSPS) is 29.4. The van der Waals surface area contributed by atoms with E-state index < -0.39 is 0 Å². The van der Waals surface area contributed by atoms with Gasteiger partial charge in [0.05, 0.1) is 6.54 Å². The Balaban J connectivity index is 1.81. The molecule has 1 saturated carbocycles. The van der Waals surface area contributed by atoms with Gasteiger partial charge in [-0.05, 0) is 44.1 Å². The van der Waals surface area contributed by atoms with Gasteiger partial charge >= 0.3 is 0 Å². The summed E-state index contributed by atoms with van der Waals surface area (Å²) in [6, 6.07) is 0.440. The molecule has 1 aliphatic heterocycles. The Labute approximate surface area is 109 Å². The van der Waals surface area contributed by atoms with Crippen LogP contribution in [0.2, 0.25) is 0 Å². The van der Waals surface area contributed by atoms with Crippen LogP contribution in [0.15, 0.2) is 0 Å². The van der Waals surface area contributed by atoms with Crippen LogP contribution >= 0.6 is 0 Å². The summed E-state index contributed by atoms with van der Waals surface area (Å²) in [6.07, 6.45) is 4.62. The summed E-state index contributed by atoms with van der Waals surface area (Å²) < 4.78 is 0. The van der Waals surface area contributed by atoms with Crippen molar-refractivity contribution in [3.63, 3.8) is 0 Å². The van der Waals surface area contributed by atoms with Gasteiger partial charge in [-0.25, -0.2) is 0 Å². The Morgan fingerprint density at radius 1 is 1.33 bits per heavy atom. The number of hydrogen-bond acceptors (Lipinski definition) is 4. The highest BCUT2D eigenvalue weighted by Crippen LogP contribution is 2.28. The smallest absolute Gasteiger partial charge is 0.231 e. The van der Waals surface area contributed by atoms with Gasteiger partial charge < -0.3 is 16.2 Å². The molecule has 2 rings (SSSR count). The fourth-order valence-corrected chi connectivity index (χ4v) is 2.85. The molecular formula is C13H25N3O2. The molecule has 5 heteroatoms. The first kappa shape index (κ1) is 13.8. The van der Waals surface area contributed by atoms with Crippen LogP contribution in [0.3, 0.4) is 0 Å². The fourth-order valence-electron chi connectivity index (χ4n) is 2.85. The number of likely N-dealkylation sites (tertiary alicyclic amines) is 1. The summed E-state index contributed by atoms with van der Waals surface area (Å²) in [6.45, 7) is 3.44. The highest BCUT2D eigenvalue weighted by atomic mass is 16.3. The number of rotatable bonds is 7. The molecule has 2 aliphatic rings. The van der Waals surface area contributed by atoms with Crippen molar-refractivity contribution in [2.24, 2.45) is 17.6 Å². The zero-order chi connectivity index (χ0) is 13.0. The molecule has 4 N–H and O–H groups in total. The number of amides is 1. The molecule has 2 fully saturated rings. The summed E-state index contributed by atoms with van der Waals surface area (Å²) in [5.41, 5.74) is 5.27. The lowest BCUT2D eigenvalue weighted by Crippen LogP contribution is -2.51. The predicted molar refractivity (Wildman–Crippen MR) is 70.0 cm³/mol. The number of carbonyl (C=O) groups is 1. The van der Waals surface area contributed by atoms with E-state index in [-0.39, 0.29) is 12.5 Å². The molecule has 0 aromatic rings. The number of hydrogen-bond donors (Lipinski definition) is 3. The average molecular weight is 255 g/mol. The van der Waals surface area contributed by atoms with Crippen LogP contribution in [0.1, 0.15) is 25.7 Å². The number of nitrogens with zero attached hydrogens (tertiary/aromatic N) is 1. The van der Waals surface area contributed by atoms with Gasteiger partial charge in [-0.1, -0.05) is 0 Å². The van der Waals surface area contributed by atoms with Gasteiger partial charge in [-0.15, -0.1) is 0 Å². The molecule has 5 nitrogen and oxygen atoms in total. The van der Waals surface area contributed by atoms with Crippen molar-refractivity contribution in [2.75, 3.05) is 32.8 Å². The van der Waals surface area contributed by atoms with E-state index in [4.69, 9.17) is 10.8 Å². The van der Waals surface area contributed by atoms with E-state index >= 15 is 0 Å². The molecule has 0 spiro atoms. The molecule has 2 unspecified atom stereocenters. The quantitative estimate of drug-likeness (QED) is 0.575. The molecule has 104 valence electrons. The summed E-state index contributed by atoms with van der Waals surface area (Å²) in [5.74, 6) is 1.08.